The van der Waals surface area contributed by atoms with Crippen molar-refractivity contribution in [1.82, 2.24) is 4.90 Å². The number of anilines is 1. The van der Waals surface area contributed by atoms with E-state index in [1.807, 2.05) is 12.1 Å². The smallest absolute Gasteiger partial charge is 0.238 e. The lowest BCUT2D eigenvalue weighted by molar-refractivity contribution is -0.117. The number of methoxy groups -OCH3 is 2. The number of amides is 1. The fraction of sp³-hybridized carbons (Fsp3) is 0.650. The van der Waals surface area contributed by atoms with Gasteiger partial charge in [0.25, 0.3) is 0 Å². The van der Waals surface area contributed by atoms with Gasteiger partial charge < -0.3 is 14.8 Å². The van der Waals surface area contributed by atoms with Gasteiger partial charge in [0.15, 0.2) is 11.5 Å². The highest BCUT2D eigenvalue weighted by Crippen LogP contribution is 2.32. The number of hydrogen-bond acceptors (Lipinski definition) is 4. The molecule has 0 saturated heterocycles. The molecular formula is C20H30N2O3. The van der Waals surface area contributed by atoms with Crippen LogP contribution in [0.15, 0.2) is 18.2 Å². The van der Waals surface area contributed by atoms with Gasteiger partial charge in [-0.1, -0.05) is 19.3 Å². The van der Waals surface area contributed by atoms with Crippen molar-refractivity contribution in [2.24, 2.45) is 5.92 Å². The van der Waals surface area contributed by atoms with Crippen molar-refractivity contribution in [2.45, 2.75) is 51.0 Å². The van der Waals surface area contributed by atoms with Gasteiger partial charge in [0.2, 0.25) is 5.91 Å². The number of benzene rings is 1. The number of carbonyl (C=O) groups excluding carboxylic acids is 1. The van der Waals surface area contributed by atoms with Gasteiger partial charge in [0.05, 0.1) is 20.8 Å². The predicted molar refractivity (Wildman–Crippen MR) is 99.3 cm³/mol. The molecular weight excluding hydrogens is 316 g/mol. The maximum atomic E-state index is 12.5. The summed E-state index contributed by atoms with van der Waals surface area (Å²) in [6, 6.07) is 6.08. The second-order valence-corrected chi connectivity index (χ2v) is 7.28. The Morgan fingerprint density at radius 3 is 2.44 bits per heavy atom. The minimum absolute atomic E-state index is 0.0509. The molecule has 138 valence electrons. The van der Waals surface area contributed by atoms with Crippen LogP contribution in [-0.4, -0.2) is 44.2 Å². The lowest BCUT2D eigenvalue weighted by Crippen LogP contribution is -2.38. The van der Waals surface area contributed by atoms with Crippen molar-refractivity contribution in [3.63, 3.8) is 0 Å². The molecule has 0 bridgehead atoms. The molecule has 0 unspecified atom stereocenters. The largest absolute Gasteiger partial charge is 0.493 e. The molecule has 2 aliphatic carbocycles. The van der Waals surface area contributed by atoms with E-state index >= 15 is 0 Å². The first-order chi connectivity index (χ1) is 12.2. The normalized spacial score (nSPS) is 18.2. The number of ether oxygens (including phenoxy) is 2. The Bertz CT molecular complexity index is 580. The molecule has 1 aromatic rings. The van der Waals surface area contributed by atoms with E-state index in [1.165, 1.54) is 44.9 Å². The molecule has 1 N–H and O–H groups in total. The van der Waals surface area contributed by atoms with Crippen molar-refractivity contribution in [1.29, 1.82) is 0 Å². The van der Waals surface area contributed by atoms with Crippen LogP contribution in [0.2, 0.25) is 0 Å². The average Bonchev–Trinajstić information content (AvgIpc) is 3.47. The summed E-state index contributed by atoms with van der Waals surface area (Å²) in [7, 11) is 3.21. The zero-order chi connectivity index (χ0) is 17.6. The third kappa shape index (κ3) is 5.11. The number of nitrogens with zero attached hydrogens (tertiary/aromatic N) is 1. The molecule has 0 aromatic heterocycles. The van der Waals surface area contributed by atoms with E-state index in [0.29, 0.717) is 24.1 Å². The molecule has 0 atom stereocenters. The fourth-order valence-electron chi connectivity index (χ4n) is 3.78. The topological polar surface area (TPSA) is 50.8 Å². The van der Waals surface area contributed by atoms with E-state index in [-0.39, 0.29) is 5.91 Å². The van der Waals surface area contributed by atoms with Crippen molar-refractivity contribution < 1.29 is 14.3 Å². The van der Waals surface area contributed by atoms with Crippen LogP contribution in [0.4, 0.5) is 5.69 Å². The second kappa shape index (κ2) is 8.56. The van der Waals surface area contributed by atoms with Crippen LogP contribution < -0.4 is 14.8 Å². The molecule has 1 aromatic carbocycles. The highest BCUT2D eigenvalue weighted by Gasteiger charge is 2.32. The number of rotatable bonds is 8. The zero-order valence-corrected chi connectivity index (χ0v) is 15.4. The van der Waals surface area contributed by atoms with Crippen molar-refractivity contribution in [3.05, 3.63) is 18.2 Å². The first kappa shape index (κ1) is 18.1. The highest BCUT2D eigenvalue weighted by atomic mass is 16.5. The highest BCUT2D eigenvalue weighted by molar-refractivity contribution is 5.92. The monoisotopic (exact) mass is 346 g/mol. The van der Waals surface area contributed by atoms with E-state index in [2.05, 4.69) is 10.2 Å². The Morgan fingerprint density at radius 1 is 1.08 bits per heavy atom. The van der Waals surface area contributed by atoms with Gasteiger partial charge in [-0.3, -0.25) is 9.69 Å². The Labute approximate surface area is 150 Å². The van der Waals surface area contributed by atoms with Gasteiger partial charge >= 0.3 is 0 Å². The Kier molecular flexibility index (Phi) is 6.19. The minimum Gasteiger partial charge on any atom is -0.493 e. The number of nitrogens with one attached hydrogen (secondary N) is 1. The van der Waals surface area contributed by atoms with E-state index in [0.717, 1.165) is 18.2 Å². The Morgan fingerprint density at radius 2 is 1.80 bits per heavy atom. The lowest BCUT2D eigenvalue weighted by Gasteiger charge is -2.29. The van der Waals surface area contributed by atoms with E-state index < -0.39 is 0 Å². The molecule has 3 rings (SSSR count). The quantitative estimate of drug-likeness (QED) is 0.780. The molecule has 2 fully saturated rings. The third-order valence-electron chi connectivity index (χ3n) is 5.29. The third-order valence-corrected chi connectivity index (χ3v) is 5.29. The summed E-state index contributed by atoms with van der Waals surface area (Å²) in [5, 5.41) is 3.00. The van der Waals surface area contributed by atoms with Crippen LogP contribution in [0.25, 0.3) is 0 Å². The summed E-state index contributed by atoms with van der Waals surface area (Å²) in [6.45, 7) is 1.56. The SMILES string of the molecule is COc1ccc(NC(=O)CN(CC2CCCCC2)C2CC2)cc1OC. The van der Waals surface area contributed by atoms with Crippen molar-refractivity contribution >= 4 is 11.6 Å². The molecule has 0 heterocycles. The summed E-state index contributed by atoms with van der Waals surface area (Å²) < 4.78 is 10.5. The molecule has 0 spiro atoms. The Hall–Kier alpha value is -1.75. The van der Waals surface area contributed by atoms with E-state index in [9.17, 15) is 4.79 Å². The molecule has 2 aliphatic rings. The first-order valence-corrected chi connectivity index (χ1v) is 9.45. The molecule has 5 nitrogen and oxygen atoms in total. The standard InChI is InChI=1S/C20H30N2O3/c1-24-18-11-8-16(12-19(18)25-2)21-20(23)14-22(17-9-10-17)13-15-6-4-3-5-7-15/h8,11-12,15,17H,3-7,9-10,13-14H2,1-2H3,(H,21,23). The van der Waals surface area contributed by atoms with Crippen molar-refractivity contribution in [3.8, 4) is 11.5 Å². The van der Waals surface area contributed by atoms with Crippen molar-refractivity contribution in [2.75, 3.05) is 32.6 Å². The van der Waals surface area contributed by atoms with Crippen LogP contribution in [-0.2, 0) is 4.79 Å². The molecule has 1 amide bonds. The predicted octanol–water partition coefficient (Wildman–Crippen LogP) is 3.69. The average molecular weight is 346 g/mol. The van der Waals surface area contributed by atoms with E-state index in [4.69, 9.17) is 9.47 Å². The van der Waals surface area contributed by atoms with Crippen LogP contribution in [0.5, 0.6) is 11.5 Å². The minimum atomic E-state index is 0.0509. The van der Waals surface area contributed by atoms with Crippen LogP contribution in [0.3, 0.4) is 0 Å². The maximum Gasteiger partial charge on any atom is 0.238 e. The fourth-order valence-corrected chi connectivity index (χ4v) is 3.78. The molecule has 0 aliphatic heterocycles. The second-order valence-electron chi connectivity index (χ2n) is 7.28. The first-order valence-electron chi connectivity index (χ1n) is 9.45. The Balaban J connectivity index is 1.56. The molecule has 0 radical (unpaired) electrons. The summed E-state index contributed by atoms with van der Waals surface area (Å²) in [6.07, 6.45) is 9.18. The van der Waals surface area contributed by atoms with E-state index in [1.54, 1.807) is 20.3 Å². The number of hydrogen-bond donors (Lipinski definition) is 1. The molecule has 25 heavy (non-hydrogen) atoms. The summed E-state index contributed by atoms with van der Waals surface area (Å²) in [4.78, 5) is 14.9. The van der Waals surface area contributed by atoms with Gasteiger partial charge in [-0.15, -0.1) is 0 Å². The molecule has 2 saturated carbocycles. The van der Waals surface area contributed by atoms with Crippen LogP contribution in [0, 0.1) is 5.92 Å². The van der Waals surface area contributed by atoms with Gasteiger partial charge in [-0.05, 0) is 43.7 Å². The zero-order valence-electron chi connectivity index (χ0n) is 15.4. The van der Waals surface area contributed by atoms with Gasteiger partial charge in [0.1, 0.15) is 0 Å². The van der Waals surface area contributed by atoms with Gasteiger partial charge in [-0.25, -0.2) is 0 Å². The van der Waals surface area contributed by atoms with Gasteiger partial charge in [-0.2, -0.15) is 0 Å². The van der Waals surface area contributed by atoms with Gasteiger partial charge in [0, 0.05) is 24.3 Å². The number of carbonyl (C=O) groups is 1. The van der Waals surface area contributed by atoms with Crippen LogP contribution >= 0.6 is 0 Å². The summed E-state index contributed by atoms with van der Waals surface area (Å²) >= 11 is 0. The van der Waals surface area contributed by atoms with Crippen LogP contribution in [0.1, 0.15) is 44.9 Å². The lowest BCUT2D eigenvalue weighted by atomic mass is 9.89. The molecule has 5 heteroatoms. The summed E-state index contributed by atoms with van der Waals surface area (Å²) in [5.41, 5.74) is 0.746. The maximum absolute atomic E-state index is 12.5. The summed E-state index contributed by atoms with van der Waals surface area (Å²) in [5.74, 6) is 2.11.